The summed E-state index contributed by atoms with van der Waals surface area (Å²) >= 11 is 8.90. The molecule has 0 aliphatic heterocycles. The van der Waals surface area contributed by atoms with Crippen LogP contribution >= 0.6 is 27.5 Å². The van der Waals surface area contributed by atoms with Crippen LogP contribution in [0.4, 0.5) is 0 Å². The number of hydrogen-bond acceptors (Lipinski definition) is 4. The third kappa shape index (κ3) is 4.17. The zero-order valence-corrected chi connectivity index (χ0v) is 12.9. The van der Waals surface area contributed by atoms with E-state index in [-0.39, 0.29) is 9.92 Å². The van der Waals surface area contributed by atoms with E-state index < -0.39 is 35.1 Å². The van der Waals surface area contributed by atoms with E-state index in [1.807, 2.05) is 0 Å². The molecule has 1 rings (SSSR count). The standard InChI is InChI=1S/C10H9BrClNO6S/c11-6-1-2-8(7(12)3-6)20(18,19)13(4-9(14)15)5-10(16)17/h1-3H,4-5H2,(H,14,15)(H,16,17). The predicted molar refractivity (Wildman–Crippen MR) is 73.2 cm³/mol. The molecule has 0 amide bonds. The SMILES string of the molecule is O=C(O)CN(CC(=O)O)S(=O)(=O)c1ccc(Br)cc1Cl. The summed E-state index contributed by atoms with van der Waals surface area (Å²) in [5, 5.41) is 17.2. The molecule has 0 aromatic heterocycles. The molecule has 0 aliphatic rings. The minimum absolute atomic E-state index is 0.139. The summed E-state index contributed by atoms with van der Waals surface area (Å²) in [6.45, 7) is -1.94. The summed E-state index contributed by atoms with van der Waals surface area (Å²) in [6, 6.07) is 3.88. The van der Waals surface area contributed by atoms with Gasteiger partial charge >= 0.3 is 11.9 Å². The van der Waals surface area contributed by atoms with E-state index in [9.17, 15) is 18.0 Å². The van der Waals surface area contributed by atoms with Gasteiger partial charge in [0.15, 0.2) is 0 Å². The molecule has 20 heavy (non-hydrogen) atoms. The van der Waals surface area contributed by atoms with E-state index in [1.165, 1.54) is 18.2 Å². The normalized spacial score (nSPS) is 11.6. The van der Waals surface area contributed by atoms with Gasteiger partial charge in [-0.15, -0.1) is 0 Å². The summed E-state index contributed by atoms with van der Waals surface area (Å²) in [5.74, 6) is -2.94. The Morgan fingerprint density at radius 1 is 1.20 bits per heavy atom. The van der Waals surface area contributed by atoms with Crippen molar-refractivity contribution < 1.29 is 28.2 Å². The van der Waals surface area contributed by atoms with Gasteiger partial charge in [0, 0.05) is 4.47 Å². The first-order valence-corrected chi connectivity index (χ1v) is 7.64. The van der Waals surface area contributed by atoms with Gasteiger partial charge < -0.3 is 10.2 Å². The number of rotatable bonds is 6. The van der Waals surface area contributed by atoms with Crippen LogP contribution in [0.1, 0.15) is 0 Å². The Balaban J connectivity index is 3.28. The molecule has 110 valence electrons. The van der Waals surface area contributed by atoms with Crippen molar-refractivity contribution in [3.8, 4) is 0 Å². The molecule has 0 spiro atoms. The number of carboxylic acids is 2. The molecule has 0 bridgehead atoms. The fourth-order valence-corrected chi connectivity index (χ4v) is 3.70. The number of carboxylic acid groups (broad SMARTS) is 2. The summed E-state index contributed by atoms with van der Waals surface area (Å²) in [4.78, 5) is 21.0. The minimum Gasteiger partial charge on any atom is -0.480 e. The van der Waals surface area contributed by atoms with Crippen molar-refractivity contribution >= 4 is 49.5 Å². The Labute approximate surface area is 127 Å². The maximum absolute atomic E-state index is 12.2. The highest BCUT2D eigenvalue weighted by Gasteiger charge is 2.30. The van der Waals surface area contributed by atoms with Crippen LogP contribution in [0.5, 0.6) is 0 Å². The van der Waals surface area contributed by atoms with Crippen molar-refractivity contribution in [2.45, 2.75) is 4.90 Å². The lowest BCUT2D eigenvalue weighted by Crippen LogP contribution is -2.39. The quantitative estimate of drug-likeness (QED) is 0.761. The van der Waals surface area contributed by atoms with Crippen LogP contribution in [0, 0.1) is 0 Å². The topological polar surface area (TPSA) is 112 Å². The molecular formula is C10H9BrClNO6S. The highest BCUT2D eigenvalue weighted by Crippen LogP contribution is 2.27. The third-order valence-corrected chi connectivity index (χ3v) is 4.90. The van der Waals surface area contributed by atoms with E-state index >= 15 is 0 Å². The Morgan fingerprint density at radius 2 is 1.70 bits per heavy atom. The Kier molecular flexibility index (Phi) is 5.51. The molecule has 0 heterocycles. The van der Waals surface area contributed by atoms with Crippen LogP contribution < -0.4 is 0 Å². The van der Waals surface area contributed by atoms with E-state index in [0.29, 0.717) is 8.78 Å². The average Bonchev–Trinajstić information content (AvgIpc) is 2.26. The van der Waals surface area contributed by atoms with Gasteiger partial charge in [-0.1, -0.05) is 27.5 Å². The van der Waals surface area contributed by atoms with Gasteiger partial charge in [0.2, 0.25) is 10.0 Å². The molecule has 7 nitrogen and oxygen atoms in total. The molecule has 0 saturated carbocycles. The molecule has 0 fully saturated rings. The maximum Gasteiger partial charge on any atom is 0.318 e. The summed E-state index contributed by atoms with van der Waals surface area (Å²) < 4.78 is 25.3. The smallest absolute Gasteiger partial charge is 0.318 e. The van der Waals surface area contributed by atoms with Crippen molar-refractivity contribution in [1.29, 1.82) is 0 Å². The molecule has 1 aromatic carbocycles. The largest absolute Gasteiger partial charge is 0.480 e. The van der Waals surface area contributed by atoms with Gasteiger partial charge in [-0.25, -0.2) is 8.42 Å². The second-order valence-electron chi connectivity index (χ2n) is 3.64. The van der Waals surface area contributed by atoms with Crippen molar-refractivity contribution in [2.24, 2.45) is 0 Å². The number of benzene rings is 1. The van der Waals surface area contributed by atoms with E-state index in [1.54, 1.807) is 0 Å². The summed E-state index contributed by atoms with van der Waals surface area (Å²) in [7, 11) is -4.32. The summed E-state index contributed by atoms with van der Waals surface area (Å²) in [6.07, 6.45) is 0. The van der Waals surface area contributed by atoms with E-state index in [4.69, 9.17) is 21.8 Å². The second-order valence-corrected chi connectivity index (χ2v) is 6.86. The molecule has 10 heteroatoms. The monoisotopic (exact) mass is 385 g/mol. The lowest BCUT2D eigenvalue weighted by Gasteiger charge is -2.19. The highest BCUT2D eigenvalue weighted by molar-refractivity contribution is 9.10. The van der Waals surface area contributed by atoms with Crippen LogP contribution in [0.3, 0.4) is 0 Å². The summed E-state index contributed by atoms with van der Waals surface area (Å²) in [5.41, 5.74) is 0. The molecule has 1 aromatic rings. The number of sulfonamides is 1. The number of halogens is 2. The van der Waals surface area contributed by atoms with Crippen LogP contribution in [0.2, 0.25) is 5.02 Å². The van der Waals surface area contributed by atoms with Crippen LogP contribution in [-0.2, 0) is 19.6 Å². The zero-order chi connectivity index (χ0) is 15.5. The van der Waals surface area contributed by atoms with Gasteiger partial charge in [0.05, 0.1) is 5.02 Å². The van der Waals surface area contributed by atoms with Gasteiger partial charge in [0.25, 0.3) is 0 Å². The van der Waals surface area contributed by atoms with Crippen molar-refractivity contribution in [1.82, 2.24) is 4.31 Å². The average molecular weight is 387 g/mol. The van der Waals surface area contributed by atoms with Crippen molar-refractivity contribution in [2.75, 3.05) is 13.1 Å². The maximum atomic E-state index is 12.2. The van der Waals surface area contributed by atoms with Crippen molar-refractivity contribution in [3.63, 3.8) is 0 Å². The van der Waals surface area contributed by atoms with Gasteiger partial charge in [-0.3, -0.25) is 9.59 Å². The third-order valence-electron chi connectivity index (χ3n) is 2.13. The van der Waals surface area contributed by atoms with Gasteiger partial charge in [0.1, 0.15) is 18.0 Å². The Bertz CT molecular complexity index is 631. The van der Waals surface area contributed by atoms with Crippen LogP contribution in [-0.4, -0.2) is 48.0 Å². The fourth-order valence-electron chi connectivity index (χ4n) is 1.35. The fraction of sp³-hybridized carbons (Fsp3) is 0.200. The Morgan fingerprint density at radius 3 is 2.10 bits per heavy atom. The molecular weight excluding hydrogens is 378 g/mol. The highest BCUT2D eigenvalue weighted by atomic mass is 79.9. The molecule has 0 radical (unpaired) electrons. The lowest BCUT2D eigenvalue weighted by atomic mass is 10.4. The Hall–Kier alpha value is -1.16. The molecule has 0 atom stereocenters. The number of carbonyl (C=O) groups is 2. The number of hydrogen-bond donors (Lipinski definition) is 2. The van der Waals surface area contributed by atoms with E-state index in [2.05, 4.69) is 15.9 Å². The number of nitrogens with zero attached hydrogens (tertiary/aromatic N) is 1. The lowest BCUT2D eigenvalue weighted by molar-refractivity contribution is -0.139. The second kappa shape index (κ2) is 6.53. The predicted octanol–water partition coefficient (Wildman–Crippen LogP) is 1.26. The zero-order valence-electron chi connectivity index (χ0n) is 9.79. The minimum atomic E-state index is -4.32. The van der Waals surface area contributed by atoms with Gasteiger partial charge in [-0.05, 0) is 18.2 Å². The van der Waals surface area contributed by atoms with Crippen LogP contribution in [0.25, 0.3) is 0 Å². The number of aliphatic carboxylic acids is 2. The van der Waals surface area contributed by atoms with Crippen molar-refractivity contribution in [3.05, 3.63) is 27.7 Å². The molecule has 0 aliphatic carbocycles. The first-order valence-electron chi connectivity index (χ1n) is 5.03. The van der Waals surface area contributed by atoms with Crippen LogP contribution in [0.15, 0.2) is 27.6 Å². The molecule has 0 unspecified atom stereocenters. The molecule has 2 N–H and O–H groups in total. The first-order chi connectivity index (χ1) is 9.14. The van der Waals surface area contributed by atoms with Gasteiger partial charge in [-0.2, -0.15) is 4.31 Å². The van der Waals surface area contributed by atoms with E-state index in [0.717, 1.165) is 0 Å². The first kappa shape index (κ1) is 16.9. The molecule has 0 saturated heterocycles.